The second-order valence-corrected chi connectivity index (χ2v) is 4.66. The van der Waals surface area contributed by atoms with Gasteiger partial charge in [-0.25, -0.2) is 4.79 Å². The summed E-state index contributed by atoms with van der Waals surface area (Å²) in [5, 5.41) is 26.3. The molecule has 0 bridgehead atoms. The number of aromatic carboxylic acids is 1. The van der Waals surface area contributed by atoms with E-state index in [1.807, 2.05) is 24.6 Å². The van der Waals surface area contributed by atoms with Crippen molar-refractivity contribution in [2.45, 2.75) is 6.92 Å². The second-order valence-electron chi connectivity index (χ2n) is 4.66. The van der Waals surface area contributed by atoms with E-state index >= 15 is 0 Å². The van der Waals surface area contributed by atoms with Gasteiger partial charge >= 0.3 is 5.97 Å². The Hall–Kier alpha value is -2.76. The van der Waals surface area contributed by atoms with Crippen molar-refractivity contribution in [2.75, 3.05) is 0 Å². The number of H-pyrrole nitrogens is 1. The number of para-hydroxylation sites is 1. The van der Waals surface area contributed by atoms with E-state index in [1.54, 1.807) is 12.1 Å². The first-order valence-electron chi connectivity index (χ1n) is 6.06. The molecule has 0 aliphatic heterocycles. The number of phenolic OH excluding ortho intramolecular Hbond substituents is 1. The minimum atomic E-state index is -1.05. The van der Waals surface area contributed by atoms with Crippen LogP contribution in [0.3, 0.4) is 0 Å². The Bertz CT molecular complexity index is 830. The van der Waals surface area contributed by atoms with E-state index in [4.69, 9.17) is 5.11 Å². The van der Waals surface area contributed by atoms with E-state index in [0.717, 1.165) is 16.6 Å². The average Bonchev–Trinajstić information content (AvgIpc) is 2.96. The minimum Gasteiger partial charge on any atom is -0.506 e. The summed E-state index contributed by atoms with van der Waals surface area (Å²) >= 11 is 0. The number of hydrogen-bond donors (Lipinski definition) is 3. The summed E-state index contributed by atoms with van der Waals surface area (Å²) < 4.78 is 1.87. The molecule has 1 aromatic carbocycles. The normalized spacial score (nSPS) is 11.1. The fourth-order valence-corrected chi connectivity index (χ4v) is 2.50. The van der Waals surface area contributed by atoms with Crippen molar-refractivity contribution in [3.8, 4) is 17.0 Å². The largest absolute Gasteiger partial charge is 0.506 e. The molecule has 0 atom stereocenters. The lowest BCUT2D eigenvalue weighted by Crippen LogP contribution is -1.95. The maximum Gasteiger partial charge on any atom is 0.353 e. The van der Waals surface area contributed by atoms with Crippen molar-refractivity contribution < 1.29 is 15.0 Å². The summed E-state index contributed by atoms with van der Waals surface area (Å²) in [5.74, 6) is -0.863. The number of aromatic amines is 1. The lowest BCUT2D eigenvalue weighted by molar-refractivity contribution is 0.0690. The first kappa shape index (κ1) is 12.3. The Morgan fingerprint density at radius 2 is 2.15 bits per heavy atom. The number of hydrogen-bond acceptors (Lipinski definition) is 3. The van der Waals surface area contributed by atoms with E-state index < -0.39 is 5.97 Å². The molecule has 102 valence electrons. The fraction of sp³-hybridized carbons (Fsp3) is 0.143. The SMILES string of the molecule is Cc1c(-c2cc(C(=O)O)[nH]n2)c2cccc(O)c2n1C. The summed E-state index contributed by atoms with van der Waals surface area (Å²) in [4.78, 5) is 10.9. The van der Waals surface area contributed by atoms with Crippen LogP contribution in [0.5, 0.6) is 5.75 Å². The number of aryl methyl sites for hydroxylation is 1. The zero-order chi connectivity index (χ0) is 14.4. The number of phenols is 1. The van der Waals surface area contributed by atoms with Crippen molar-refractivity contribution in [1.82, 2.24) is 14.8 Å². The van der Waals surface area contributed by atoms with Crippen LogP contribution in [-0.4, -0.2) is 30.9 Å². The molecule has 6 nitrogen and oxygen atoms in total. The van der Waals surface area contributed by atoms with Crippen LogP contribution in [0.15, 0.2) is 24.3 Å². The van der Waals surface area contributed by atoms with Crippen LogP contribution in [0.25, 0.3) is 22.2 Å². The van der Waals surface area contributed by atoms with E-state index in [9.17, 15) is 9.90 Å². The molecule has 20 heavy (non-hydrogen) atoms. The van der Waals surface area contributed by atoms with Gasteiger partial charge in [0, 0.05) is 23.7 Å². The number of nitrogens with one attached hydrogen (secondary N) is 1. The predicted molar refractivity (Wildman–Crippen MR) is 73.9 cm³/mol. The summed E-state index contributed by atoms with van der Waals surface area (Å²) in [6, 6.07) is 6.75. The predicted octanol–water partition coefficient (Wildman–Crippen LogP) is 2.28. The standard InChI is InChI=1S/C14H13N3O3/c1-7-12(9-6-10(14(19)20)16-15-9)8-4-3-5-11(18)13(8)17(7)2/h3-6,18H,1-2H3,(H,15,16)(H,19,20). The zero-order valence-electron chi connectivity index (χ0n) is 11.0. The van der Waals surface area contributed by atoms with Gasteiger partial charge in [-0.2, -0.15) is 5.10 Å². The number of carboxylic acid groups (broad SMARTS) is 1. The molecule has 3 N–H and O–H groups in total. The van der Waals surface area contributed by atoms with Gasteiger partial charge in [0.15, 0.2) is 0 Å². The van der Waals surface area contributed by atoms with Gasteiger partial charge < -0.3 is 14.8 Å². The molecular formula is C14H13N3O3. The van der Waals surface area contributed by atoms with E-state index in [2.05, 4.69) is 10.2 Å². The lowest BCUT2D eigenvalue weighted by atomic mass is 10.1. The summed E-state index contributed by atoms with van der Waals surface area (Å²) in [7, 11) is 1.85. The molecule has 0 amide bonds. The van der Waals surface area contributed by atoms with Crippen LogP contribution in [0.1, 0.15) is 16.2 Å². The second kappa shape index (κ2) is 4.12. The molecular weight excluding hydrogens is 258 g/mol. The molecule has 0 saturated heterocycles. The molecule has 0 radical (unpaired) electrons. The number of fused-ring (bicyclic) bond motifs is 1. The highest BCUT2D eigenvalue weighted by Gasteiger charge is 2.19. The third-order valence-electron chi connectivity index (χ3n) is 3.55. The topological polar surface area (TPSA) is 91.1 Å². The fourth-order valence-electron chi connectivity index (χ4n) is 2.50. The first-order valence-corrected chi connectivity index (χ1v) is 6.06. The third-order valence-corrected chi connectivity index (χ3v) is 3.55. The van der Waals surface area contributed by atoms with E-state index in [0.29, 0.717) is 11.2 Å². The quantitative estimate of drug-likeness (QED) is 0.666. The van der Waals surface area contributed by atoms with Crippen molar-refractivity contribution >= 4 is 16.9 Å². The summed E-state index contributed by atoms with van der Waals surface area (Å²) in [5.41, 5.74) is 3.03. The van der Waals surface area contributed by atoms with Gasteiger partial charge in [-0.05, 0) is 19.1 Å². The molecule has 2 heterocycles. The zero-order valence-corrected chi connectivity index (χ0v) is 11.0. The van der Waals surface area contributed by atoms with Gasteiger partial charge in [0.1, 0.15) is 11.4 Å². The number of rotatable bonds is 2. The lowest BCUT2D eigenvalue weighted by Gasteiger charge is -2.00. The van der Waals surface area contributed by atoms with Crippen LogP contribution >= 0.6 is 0 Å². The number of carbonyl (C=O) groups is 1. The van der Waals surface area contributed by atoms with E-state index in [-0.39, 0.29) is 11.4 Å². The first-order chi connectivity index (χ1) is 9.50. The molecule has 0 fully saturated rings. The Labute approximate surface area is 114 Å². The smallest absolute Gasteiger partial charge is 0.353 e. The maximum absolute atomic E-state index is 10.9. The maximum atomic E-state index is 10.9. The van der Waals surface area contributed by atoms with Crippen molar-refractivity contribution in [2.24, 2.45) is 7.05 Å². The Morgan fingerprint density at radius 1 is 1.40 bits per heavy atom. The number of aromatic hydroxyl groups is 1. The minimum absolute atomic E-state index is 0.0385. The summed E-state index contributed by atoms with van der Waals surface area (Å²) in [6.45, 7) is 1.91. The van der Waals surface area contributed by atoms with Crippen LogP contribution in [0.4, 0.5) is 0 Å². The molecule has 2 aromatic heterocycles. The van der Waals surface area contributed by atoms with Crippen molar-refractivity contribution in [3.05, 3.63) is 35.7 Å². The highest BCUT2D eigenvalue weighted by Crippen LogP contribution is 2.36. The average molecular weight is 271 g/mol. The van der Waals surface area contributed by atoms with Crippen LogP contribution in [0.2, 0.25) is 0 Å². The highest BCUT2D eigenvalue weighted by molar-refractivity contribution is 6.00. The molecule has 0 aliphatic carbocycles. The molecule has 0 aliphatic rings. The van der Waals surface area contributed by atoms with Gasteiger partial charge in [0.05, 0.1) is 11.2 Å². The number of nitrogens with zero attached hydrogens (tertiary/aromatic N) is 2. The molecule has 6 heteroatoms. The summed E-state index contributed by atoms with van der Waals surface area (Å²) in [6.07, 6.45) is 0. The Balaban J connectivity index is 2.33. The highest BCUT2D eigenvalue weighted by atomic mass is 16.4. The third kappa shape index (κ3) is 1.58. The van der Waals surface area contributed by atoms with Gasteiger partial charge in [0.25, 0.3) is 0 Å². The van der Waals surface area contributed by atoms with Crippen LogP contribution in [0, 0.1) is 6.92 Å². The Morgan fingerprint density at radius 3 is 2.80 bits per heavy atom. The van der Waals surface area contributed by atoms with Gasteiger partial charge in [-0.3, -0.25) is 5.10 Å². The number of carboxylic acids is 1. The monoisotopic (exact) mass is 271 g/mol. The molecule has 3 rings (SSSR count). The molecule has 3 aromatic rings. The Kier molecular flexibility index (Phi) is 2.53. The van der Waals surface area contributed by atoms with Crippen molar-refractivity contribution in [1.29, 1.82) is 0 Å². The van der Waals surface area contributed by atoms with Crippen molar-refractivity contribution in [3.63, 3.8) is 0 Å². The molecule has 0 spiro atoms. The molecule has 0 saturated carbocycles. The number of aromatic nitrogens is 3. The van der Waals surface area contributed by atoms with E-state index in [1.165, 1.54) is 6.07 Å². The van der Waals surface area contributed by atoms with Gasteiger partial charge in [0.2, 0.25) is 0 Å². The number of benzene rings is 1. The molecule has 0 unspecified atom stereocenters. The van der Waals surface area contributed by atoms with Gasteiger partial charge in [-0.1, -0.05) is 12.1 Å². The van der Waals surface area contributed by atoms with Gasteiger partial charge in [-0.15, -0.1) is 0 Å². The van der Waals surface area contributed by atoms with Crippen LogP contribution in [-0.2, 0) is 7.05 Å². The van der Waals surface area contributed by atoms with Crippen LogP contribution < -0.4 is 0 Å².